The molecule has 1 aliphatic rings. The maximum atomic E-state index is 12.3. The van der Waals surface area contributed by atoms with Crippen LogP contribution in [0.3, 0.4) is 0 Å². The summed E-state index contributed by atoms with van der Waals surface area (Å²) in [6.45, 7) is 0.505. The number of hydrogen-bond donors (Lipinski definition) is 1. The zero-order valence-corrected chi connectivity index (χ0v) is 8.42. The molecule has 0 aromatic heterocycles. The minimum atomic E-state index is -4.53. The van der Waals surface area contributed by atoms with Crippen molar-refractivity contribution >= 4 is 0 Å². The largest absolute Gasteiger partial charge is 0.507 e. The lowest BCUT2D eigenvalue weighted by Gasteiger charge is -2.11. The highest BCUT2D eigenvalue weighted by Crippen LogP contribution is 2.37. The minimum Gasteiger partial charge on any atom is -0.507 e. The van der Waals surface area contributed by atoms with Crippen LogP contribution in [0, 0.1) is 5.92 Å². The molecule has 1 aromatic rings. The van der Waals surface area contributed by atoms with Crippen molar-refractivity contribution in [3.8, 4) is 11.5 Å². The van der Waals surface area contributed by atoms with Gasteiger partial charge in [-0.2, -0.15) is 13.2 Å². The normalized spacial score (nSPS) is 16.2. The van der Waals surface area contributed by atoms with Crippen LogP contribution < -0.4 is 4.74 Å². The van der Waals surface area contributed by atoms with Crippen LogP contribution in [-0.4, -0.2) is 11.7 Å². The average Bonchev–Trinajstić information content (AvgIpc) is 2.96. The van der Waals surface area contributed by atoms with Crippen LogP contribution >= 0.6 is 0 Å². The van der Waals surface area contributed by atoms with E-state index in [1.807, 2.05) is 0 Å². The summed E-state index contributed by atoms with van der Waals surface area (Å²) in [5, 5.41) is 9.21. The smallest absolute Gasteiger partial charge is 0.419 e. The topological polar surface area (TPSA) is 29.5 Å². The second kappa shape index (κ2) is 3.88. The molecular weight excluding hydrogens is 221 g/mol. The van der Waals surface area contributed by atoms with Crippen molar-refractivity contribution in [2.45, 2.75) is 19.0 Å². The molecule has 0 spiro atoms. The molecule has 0 bridgehead atoms. The van der Waals surface area contributed by atoms with E-state index in [4.69, 9.17) is 4.74 Å². The Bertz CT molecular complexity index is 383. The number of halogens is 3. The van der Waals surface area contributed by atoms with Crippen molar-refractivity contribution < 1.29 is 23.0 Å². The molecule has 1 saturated carbocycles. The van der Waals surface area contributed by atoms with Gasteiger partial charge in [0.25, 0.3) is 0 Å². The Balaban J connectivity index is 2.08. The number of phenolic OH excluding ortho intramolecular Hbond substituents is 1. The third-order valence-electron chi connectivity index (χ3n) is 2.46. The van der Waals surface area contributed by atoms with Gasteiger partial charge < -0.3 is 9.84 Å². The summed E-state index contributed by atoms with van der Waals surface area (Å²) in [7, 11) is 0. The molecule has 0 amide bonds. The van der Waals surface area contributed by atoms with E-state index >= 15 is 0 Å². The van der Waals surface area contributed by atoms with Gasteiger partial charge in [-0.05, 0) is 30.9 Å². The molecule has 88 valence electrons. The van der Waals surface area contributed by atoms with Gasteiger partial charge in [0.2, 0.25) is 0 Å². The molecule has 0 heterocycles. The van der Waals surface area contributed by atoms with E-state index in [9.17, 15) is 18.3 Å². The Morgan fingerprint density at radius 3 is 2.50 bits per heavy atom. The number of alkyl halides is 3. The summed E-state index contributed by atoms with van der Waals surface area (Å²) >= 11 is 0. The maximum Gasteiger partial charge on any atom is 0.419 e. The number of benzene rings is 1. The second-order valence-electron chi connectivity index (χ2n) is 3.93. The average molecular weight is 232 g/mol. The summed E-state index contributed by atoms with van der Waals surface area (Å²) in [6, 6.07) is 3.06. The maximum absolute atomic E-state index is 12.3. The Kier molecular flexibility index (Phi) is 2.69. The monoisotopic (exact) mass is 232 g/mol. The fourth-order valence-corrected chi connectivity index (χ4v) is 1.34. The quantitative estimate of drug-likeness (QED) is 0.867. The van der Waals surface area contributed by atoms with E-state index in [0.29, 0.717) is 12.5 Å². The zero-order valence-electron chi connectivity index (χ0n) is 8.42. The molecule has 0 aliphatic heterocycles. The lowest BCUT2D eigenvalue weighted by atomic mass is 10.2. The van der Waals surface area contributed by atoms with Gasteiger partial charge in [0.1, 0.15) is 11.5 Å². The van der Waals surface area contributed by atoms with E-state index in [2.05, 4.69) is 0 Å². The first-order valence-electron chi connectivity index (χ1n) is 5.00. The number of aromatic hydroxyl groups is 1. The Morgan fingerprint density at radius 1 is 1.31 bits per heavy atom. The highest BCUT2D eigenvalue weighted by Gasteiger charge is 2.33. The Labute approximate surface area is 90.7 Å². The second-order valence-corrected chi connectivity index (χ2v) is 3.93. The van der Waals surface area contributed by atoms with Gasteiger partial charge >= 0.3 is 6.18 Å². The lowest BCUT2D eigenvalue weighted by molar-refractivity contribution is -0.138. The van der Waals surface area contributed by atoms with Crippen LogP contribution in [0.5, 0.6) is 11.5 Å². The Morgan fingerprint density at radius 2 is 2.00 bits per heavy atom. The summed E-state index contributed by atoms with van der Waals surface area (Å²) in [4.78, 5) is 0. The molecule has 2 rings (SSSR count). The molecule has 0 unspecified atom stereocenters. The van der Waals surface area contributed by atoms with E-state index in [1.54, 1.807) is 0 Å². The molecular formula is C11H11F3O2. The summed E-state index contributed by atoms with van der Waals surface area (Å²) in [5.41, 5.74) is -1.04. The molecule has 0 atom stereocenters. The van der Waals surface area contributed by atoms with Crippen LogP contribution in [-0.2, 0) is 6.18 Å². The summed E-state index contributed by atoms with van der Waals surface area (Å²) in [5.74, 6) is 0.00244. The standard InChI is InChI=1S/C11H11F3O2/c12-11(13,14)9-4-3-8(5-10(9)15)16-6-7-1-2-7/h3-5,7,15H,1-2,6H2. The van der Waals surface area contributed by atoms with Crippen LogP contribution in [0.1, 0.15) is 18.4 Å². The van der Waals surface area contributed by atoms with Gasteiger partial charge in [-0.25, -0.2) is 0 Å². The Hall–Kier alpha value is -1.39. The zero-order chi connectivity index (χ0) is 11.8. The lowest BCUT2D eigenvalue weighted by Crippen LogP contribution is -2.05. The molecule has 16 heavy (non-hydrogen) atoms. The van der Waals surface area contributed by atoms with Crippen LogP contribution in [0.4, 0.5) is 13.2 Å². The molecule has 5 heteroatoms. The number of hydrogen-bond acceptors (Lipinski definition) is 2. The van der Waals surface area contributed by atoms with Crippen LogP contribution in [0.2, 0.25) is 0 Å². The first-order valence-corrected chi connectivity index (χ1v) is 5.00. The van der Waals surface area contributed by atoms with Crippen LogP contribution in [0.25, 0.3) is 0 Å². The fourth-order valence-electron chi connectivity index (χ4n) is 1.34. The first-order chi connectivity index (χ1) is 7.47. The van der Waals surface area contributed by atoms with Gasteiger partial charge in [0.05, 0.1) is 12.2 Å². The third-order valence-corrected chi connectivity index (χ3v) is 2.46. The SMILES string of the molecule is Oc1cc(OCC2CC2)ccc1C(F)(F)F. The number of ether oxygens (including phenoxy) is 1. The summed E-state index contributed by atoms with van der Waals surface area (Å²) < 4.78 is 42.2. The molecule has 1 N–H and O–H groups in total. The van der Waals surface area contributed by atoms with Gasteiger partial charge in [0, 0.05) is 6.07 Å². The van der Waals surface area contributed by atoms with Gasteiger partial charge in [0.15, 0.2) is 0 Å². The highest BCUT2D eigenvalue weighted by atomic mass is 19.4. The summed E-state index contributed by atoms with van der Waals surface area (Å²) in [6.07, 6.45) is -2.32. The first kappa shape index (κ1) is 11.1. The molecule has 0 radical (unpaired) electrons. The van der Waals surface area contributed by atoms with E-state index < -0.39 is 17.5 Å². The highest BCUT2D eigenvalue weighted by molar-refractivity contribution is 5.41. The van der Waals surface area contributed by atoms with Crippen molar-refractivity contribution in [2.24, 2.45) is 5.92 Å². The minimum absolute atomic E-state index is 0.275. The van der Waals surface area contributed by atoms with Gasteiger partial charge in [-0.1, -0.05) is 0 Å². The van der Waals surface area contributed by atoms with E-state index in [-0.39, 0.29) is 5.75 Å². The van der Waals surface area contributed by atoms with E-state index in [1.165, 1.54) is 6.07 Å². The third kappa shape index (κ3) is 2.59. The molecule has 0 saturated heterocycles. The van der Waals surface area contributed by atoms with Gasteiger partial charge in [-0.3, -0.25) is 0 Å². The number of rotatable bonds is 3. The predicted molar refractivity (Wildman–Crippen MR) is 51.3 cm³/mol. The van der Waals surface area contributed by atoms with Crippen molar-refractivity contribution in [1.82, 2.24) is 0 Å². The molecule has 1 aromatic carbocycles. The van der Waals surface area contributed by atoms with Gasteiger partial charge in [-0.15, -0.1) is 0 Å². The van der Waals surface area contributed by atoms with Crippen molar-refractivity contribution in [1.29, 1.82) is 0 Å². The van der Waals surface area contributed by atoms with E-state index in [0.717, 1.165) is 25.0 Å². The molecule has 2 nitrogen and oxygen atoms in total. The van der Waals surface area contributed by atoms with Crippen molar-refractivity contribution in [3.05, 3.63) is 23.8 Å². The predicted octanol–water partition coefficient (Wildman–Crippen LogP) is 3.20. The molecule has 1 aliphatic carbocycles. The number of phenols is 1. The van der Waals surface area contributed by atoms with Crippen molar-refractivity contribution in [3.63, 3.8) is 0 Å². The van der Waals surface area contributed by atoms with Crippen molar-refractivity contribution in [2.75, 3.05) is 6.61 Å². The molecule has 1 fully saturated rings. The van der Waals surface area contributed by atoms with Crippen LogP contribution in [0.15, 0.2) is 18.2 Å². The fraction of sp³-hybridized carbons (Fsp3) is 0.455.